The van der Waals surface area contributed by atoms with E-state index in [1.54, 1.807) is 33.2 Å². The molecular formula is C10H16N2O2. The molecule has 2 N–H and O–H groups in total. The molecule has 0 unspecified atom stereocenters. The van der Waals surface area contributed by atoms with Gasteiger partial charge in [-0.1, -0.05) is 6.07 Å². The summed E-state index contributed by atoms with van der Waals surface area (Å²) in [6.45, 7) is 5.38. The van der Waals surface area contributed by atoms with Crippen LogP contribution in [-0.4, -0.2) is 21.7 Å². The van der Waals surface area contributed by atoms with E-state index in [-0.39, 0.29) is 5.54 Å². The SMILES string of the molecule is CC(C)(C)NC(=O)O.c1ccncc1. The lowest BCUT2D eigenvalue weighted by atomic mass is 10.1. The lowest BCUT2D eigenvalue weighted by Crippen LogP contribution is -2.39. The Labute approximate surface area is 84.0 Å². The van der Waals surface area contributed by atoms with Crippen molar-refractivity contribution in [2.24, 2.45) is 0 Å². The third-order valence-electron chi connectivity index (χ3n) is 1.05. The fourth-order valence-corrected chi connectivity index (χ4v) is 0.633. The summed E-state index contributed by atoms with van der Waals surface area (Å²) in [6.07, 6.45) is 2.53. The average molecular weight is 196 g/mol. The summed E-state index contributed by atoms with van der Waals surface area (Å²) in [7, 11) is 0. The Morgan fingerprint density at radius 2 is 1.71 bits per heavy atom. The number of pyridine rings is 1. The highest BCUT2D eigenvalue weighted by atomic mass is 16.4. The molecule has 1 amide bonds. The summed E-state index contributed by atoms with van der Waals surface area (Å²) in [5, 5.41) is 10.4. The van der Waals surface area contributed by atoms with Crippen molar-refractivity contribution in [2.75, 3.05) is 0 Å². The van der Waals surface area contributed by atoms with Gasteiger partial charge in [0.1, 0.15) is 0 Å². The van der Waals surface area contributed by atoms with E-state index >= 15 is 0 Å². The number of hydrogen-bond acceptors (Lipinski definition) is 2. The van der Waals surface area contributed by atoms with E-state index in [0.29, 0.717) is 0 Å². The molecule has 0 fully saturated rings. The molecule has 1 aromatic heterocycles. The van der Waals surface area contributed by atoms with Gasteiger partial charge < -0.3 is 10.4 Å². The molecule has 1 rings (SSSR count). The van der Waals surface area contributed by atoms with Gasteiger partial charge in [-0.05, 0) is 32.9 Å². The fraction of sp³-hybridized carbons (Fsp3) is 0.400. The van der Waals surface area contributed by atoms with Gasteiger partial charge in [0.2, 0.25) is 0 Å². The maximum atomic E-state index is 9.90. The zero-order valence-corrected chi connectivity index (χ0v) is 8.69. The van der Waals surface area contributed by atoms with Crippen LogP contribution in [-0.2, 0) is 0 Å². The highest BCUT2D eigenvalue weighted by Gasteiger charge is 2.10. The van der Waals surface area contributed by atoms with E-state index in [9.17, 15) is 4.79 Å². The quantitative estimate of drug-likeness (QED) is 0.668. The molecule has 0 aliphatic heterocycles. The molecule has 78 valence electrons. The number of rotatable bonds is 0. The Hall–Kier alpha value is -1.58. The van der Waals surface area contributed by atoms with Gasteiger partial charge in [0.05, 0.1) is 0 Å². The van der Waals surface area contributed by atoms with E-state index in [0.717, 1.165) is 0 Å². The molecule has 1 heterocycles. The van der Waals surface area contributed by atoms with Gasteiger partial charge in [-0.25, -0.2) is 4.79 Å². The lowest BCUT2D eigenvalue weighted by Gasteiger charge is -2.16. The highest BCUT2D eigenvalue weighted by molar-refractivity contribution is 5.65. The van der Waals surface area contributed by atoms with Crippen LogP contribution < -0.4 is 5.32 Å². The minimum Gasteiger partial charge on any atom is -0.465 e. The molecule has 0 atom stereocenters. The van der Waals surface area contributed by atoms with Crippen LogP contribution in [0.4, 0.5) is 4.79 Å². The number of carboxylic acid groups (broad SMARTS) is 1. The maximum Gasteiger partial charge on any atom is 0.405 e. The van der Waals surface area contributed by atoms with Crippen LogP contribution in [0.3, 0.4) is 0 Å². The molecule has 4 heteroatoms. The molecule has 0 saturated carbocycles. The summed E-state index contributed by atoms with van der Waals surface area (Å²) in [6, 6.07) is 5.72. The second-order valence-electron chi connectivity index (χ2n) is 3.70. The van der Waals surface area contributed by atoms with Crippen molar-refractivity contribution in [3.05, 3.63) is 30.6 Å². The van der Waals surface area contributed by atoms with Gasteiger partial charge in [0, 0.05) is 17.9 Å². The number of hydrogen-bond donors (Lipinski definition) is 2. The number of amides is 1. The fourth-order valence-electron chi connectivity index (χ4n) is 0.633. The maximum absolute atomic E-state index is 9.90. The van der Waals surface area contributed by atoms with E-state index in [1.165, 1.54) is 0 Å². The Bertz CT molecular complexity index is 228. The first kappa shape index (κ1) is 12.4. The van der Waals surface area contributed by atoms with Crippen molar-refractivity contribution in [3.8, 4) is 0 Å². The first-order valence-electron chi connectivity index (χ1n) is 4.28. The van der Waals surface area contributed by atoms with E-state index in [4.69, 9.17) is 5.11 Å². The van der Waals surface area contributed by atoms with Crippen molar-refractivity contribution in [2.45, 2.75) is 26.3 Å². The van der Waals surface area contributed by atoms with E-state index < -0.39 is 6.09 Å². The zero-order valence-electron chi connectivity index (χ0n) is 8.69. The van der Waals surface area contributed by atoms with Gasteiger partial charge in [-0.2, -0.15) is 0 Å². The molecule has 0 aliphatic carbocycles. The first-order chi connectivity index (χ1) is 6.42. The third-order valence-corrected chi connectivity index (χ3v) is 1.05. The van der Waals surface area contributed by atoms with Gasteiger partial charge in [0.15, 0.2) is 0 Å². The Morgan fingerprint density at radius 1 is 1.21 bits per heavy atom. The Morgan fingerprint density at radius 3 is 1.79 bits per heavy atom. The van der Waals surface area contributed by atoms with Crippen LogP contribution in [0.1, 0.15) is 20.8 Å². The molecule has 0 bridgehead atoms. The predicted molar refractivity (Wildman–Crippen MR) is 55.2 cm³/mol. The van der Waals surface area contributed by atoms with Crippen LogP contribution >= 0.6 is 0 Å². The first-order valence-corrected chi connectivity index (χ1v) is 4.28. The van der Waals surface area contributed by atoms with Gasteiger partial charge in [-0.15, -0.1) is 0 Å². The lowest BCUT2D eigenvalue weighted by molar-refractivity contribution is 0.184. The standard InChI is InChI=1S/C5H11NO2.C5H5N/c1-5(2,3)6-4(7)8;1-2-4-6-5-3-1/h6H,1-3H3,(H,7,8);1-5H. The summed E-state index contributed by atoms with van der Waals surface area (Å²) >= 11 is 0. The second-order valence-corrected chi connectivity index (χ2v) is 3.70. The van der Waals surface area contributed by atoms with E-state index in [2.05, 4.69) is 10.3 Å². The van der Waals surface area contributed by atoms with Crippen LogP contribution in [0.15, 0.2) is 30.6 Å². The smallest absolute Gasteiger partial charge is 0.405 e. The van der Waals surface area contributed by atoms with Gasteiger partial charge >= 0.3 is 6.09 Å². The minimum absolute atomic E-state index is 0.328. The molecule has 0 spiro atoms. The molecule has 1 aromatic rings. The summed E-state index contributed by atoms with van der Waals surface area (Å²) in [4.78, 5) is 13.7. The minimum atomic E-state index is -0.975. The normalized spacial score (nSPS) is 9.64. The predicted octanol–water partition coefficient (Wildman–Crippen LogP) is 2.13. The van der Waals surface area contributed by atoms with Gasteiger partial charge in [0.25, 0.3) is 0 Å². The monoisotopic (exact) mass is 196 g/mol. The van der Waals surface area contributed by atoms with Crippen LogP contribution in [0, 0.1) is 0 Å². The molecule has 0 saturated heterocycles. The van der Waals surface area contributed by atoms with E-state index in [1.807, 2.05) is 18.2 Å². The van der Waals surface area contributed by atoms with Crippen molar-refractivity contribution < 1.29 is 9.90 Å². The topological polar surface area (TPSA) is 62.2 Å². The summed E-state index contributed by atoms with van der Waals surface area (Å²) < 4.78 is 0. The van der Waals surface area contributed by atoms with Gasteiger partial charge in [-0.3, -0.25) is 4.98 Å². The number of nitrogens with one attached hydrogen (secondary N) is 1. The van der Waals surface area contributed by atoms with Crippen LogP contribution in [0.5, 0.6) is 0 Å². The van der Waals surface area contributed by atoms with Crippen LogP contribution in [0.2, 0.25) is 0 Å². The molecule has 0 aliphatic rings. The Kier molecular flexibility index (Phi) is 5.29. The van der Waals surface area contributed by atoms with Crippen molar-refractivity contribution in [1.82, 2.24) is 10.3 Å². The summed E-state index contributed by atoms with van der Waals surface area (Å²) in [5.74, 6) is 0. The summed E-state index contributed by atoms with van der Waals surface area (Å²) in [5.41, 5.74) is -0.328. The molecule has 0 radical (unpaired) electrons. The average Bonchev–Trinajstić information content (AvgIpc) is 2.03. The highest BCUT2D eigenvalue weighted by Crippen LogP contribution is 1.96. The molecule has 4 nitrogen and oxygen atoms in total. The third kappa shape index (κ3) is 10.4. The molecule has 14 heavy (non-hydrogen) atoms. The zero-order chi connectivity index (χ0) is 11.0. The largest absolute Gasteiger partial charge is 0.465 e. The Balaban J connectivity index is 0.000000249. The van der Waals surface area contributed by atoms with Crippen LogP contribution in [0.25, 0.3) is 0 Å². The number of nitrogens with zero attached hydrogens (tertiary/aromatic N) is 1. The molecule has 0 aromatic carbocycles. The van der Waals surface area contributed by atoms with Crippen molar-refractivity contribution in [1.29, 1.82) is 0 Å². The van der Waals surface area contributed by atoms with Crippen molar-refractivity contribution >= 4 is 6.09 Å². The molecular weight excluding hydrogens is 180 g/mol. The second kappa shape index (κ2) is 5.96. The van der Waals surface area contributed by atoms with Crippen molar-refractivity contribution in [3.63, 3.8) is 0 Å². The number of carbonyl (C=O) groups is 1. The number of aromatic nitrogens is 1.